The first-order valence-electron chi connectivity index (χ1n) is 14.3. The number of carbonyl (C=O) groups excluding carboxylic acids is 1. The van der Waals surface area contributed by atoms with Crippen molar-refractivity contribution < 1.29 is 24.2 Å². The van der Waals surface area contributed by atoms with Gasteiger partial charge in [-0.1, -0.05) is 32.3 Å². The van der Waals surface area contributed by atoms with Crippen molar-refractivity contribution in [1.29, 1.82) is 0 Å². The highest BCUT2D eigenvalue weighted by Crippen LogP contribution is 2.39. The van der Waals surface area contributed by atoms with E-state index in [1.54, 1.807) is 39.0 Å². The molecule has 2 fully saturated rings. The first-order chi connectivity index (χ1) is 18.9. The normalized spacial score (nSPS) is 22.3. The number of likely N-dealkylation sites (tertiary alicyclic amines) is 1. The average Bonchev–Trinajstić information content (AvgIpc) is 3.59. The van der Waals surface area contributed by atoms with Gasteiger partial charge in [-0.15, -0.1) is 11.3 Å². The molecule has 216 valence electrons. The van der Waals surface area contributed by atoms with Crippen molar-refractivity contribution in [2.45, 2.75) is 103 Å². The summed E-state index contributed by atoms with van der Waals surface area (Å²) in [6, 6.07) is 5.50. The summed E-state index contributed by atoms with van der Waals surface area (Å²) in [5.74, 6) is -1.02. The molecule has 9 nitrogen and oxygen atoms in total. The number of carboxylic acid groups (broad SMARTS) is 1. The van der Waals surface area contributed by atoms with Gasteiger partial charge in [-0.2, -0.15) is 4.98 Å². The van der Waals surface area contributed by atoms with Crippen LogP contribution in [0.2, 0.25) is 0 Å². The molecule has 1 N–H and O–H groups in total. The van der Waals surface area contributed by atoms with Crippen molar-refractivity contribution >= 4 is 34.4 Å². The lowest BCUT2D eigenvalue weighted by atomic mass is 9.87. The first kappa shape index (κ1) is 28.4. The summed E-state index contributed by atoms with van der Waals surface area (Å²) >= 11 is 1.65. The maximum atomic E-state index is 12.9. The third kappa shape index (κ3) is 5.55. The predicted molar refractivity (Wildman–Crippen MR) is 155 cm³/mol. The number of hydrogen-bond donors (Lipinski definition) is 1. The number of nitrogens with zero attached hydrogens (tertiary/aromatic N) is 4. The van der Waals surface area contributed by atoms with E-state index >= 15 is 0 Å². The fraction of sp³-hybridized carbons (Fsp3) is 0.600. The lowest BCUT2D eigenvalue weighted by Gasteiger charge is -2.27. The van der Waals surface area contributed by atoms with Crippen molar-refractivity contribution in [2.24, 2.45) is 5.92 Å². The molecule has 10 heteroatoms. The number of hydrogen-bond acceptors (Lipinski definition) is 7. The molecular formula is C30H40N4O5S. The van der Waals surface area contributed by atoms with Crippen LogP contribution in [0, 0.1) is 5.92 Å². The number of imidazole rings is 1. The Morgan fingerprint density at radius 2 is 1.85 bits per heavy atom. The molecule has 1 aliphatic heterocycles. The van der Waals surface area contributed by atoms with E-state index < -0.39 is 35.7 Å². The number of benzene rings is 1. The van der Waals surface area contributed by atoms with Gasteiger partial charge in [-0.25, -0.2) is 14.6 Å². The summed E-state index contributed by atoms with van der Waals surface area (Å²) in [6.07, 6.45) is 5.01. The highest BCUT2D eigenvalue weighted by molar-refractivity contribution is 7.13. The number of aliphatic carboxylic acids is 1. The van der Waals surface area contributed by atoms with Crippen molar-refractivity contribution in [1.82, 2.24) is 19.4 Å². The lowest BCUT2D eigenvalue weighted by molar-refractivity contribution is -0.143. The van der Waals surface area contributed by atoms with Gasteiger partial charge in [0.2, 0.25) is 0 Å². The van der Waals surface area contributed by atoms with Crippen LogP contribution in [0.25, 0.3) is 21.6 Å². The molecule has 0 bridgehead atoms. The zero-order chi connectivity index (χ0) is 28.8. The van der Waals surface area contributed by atoms with Crippen LogP contribution in [0.3, 0.4) is 0 Å². The second-order valence-corrected chi connectivity index (χ2v) is 13.2. The third-order valence-corrected chi connectivity index (χ3v) is 8.81. The Bertz CT molecular complexity index is 1380. The molecule has 3 aromatic rings. The zero-order valence-electron chi connectivity index (χ0n) is 24.2. The monoisotopic (exact) mass is 568 g/mol. The summed E-state index contributed by atoms with van der Waals surface area (Å²) < 4.78 is 14.0. The Kier molecular flexibility index (Phi) is 7.83. The molecule has 2 aromatic heterocycles. The third-order valence-electron chi connectivity index (χ3n) is 7.91. The van der Waals surface area contributed by atoms with Crippen LogP contribution in [0.15, 0.2) is 23.6 Å². The quantitative estimate of drug-likeness (QED) is 0.346. The van der Waals surface area contributed by atoms with Crippen molar-refractivity contribution in [3.8, 4) is 16.6 Å². The van der Waals surface area contributed by atoms with Gasteiger partial charge >= 0.3 is 12.1 Å². The number of para-hydroxylation sites is 1. The van der Waals surface area contributed by atoms with Crippen LogP contribution in [0.1, 0.15) is 91.3 Å². The number of amides is 1. The molecule has 3 atom stereocenters. The molecule has 1 aliphatic carbocycles. The largest absolute Gasteiger partial charge is 0.480 e. The van der Waals surface area contributed by atoms with Crippen LogP contribution in [-0.4, -0.2) is 60.9 Å². The summed E-state index contributed by atoms with van der Waals surface area (Å²) in [4.78, 5) is 36.4. The van der Waals surface area contributed by atoms with Gasteiger partial charge in [0.05, 0.1) is 17.8 Å². The number of carbonyl (C=O) groups is 2. The minimum absolute atomic E-state index is 0.0401. The van der Waals surface area contributed by atoms with Gasteiger partial charge in [0, 0.05) is 28.8 Å². The van der Waals surface area contributed by atoms with Gasteiger partial charge < -0.3 is 14.6 Å². The molecule has 2 aliphatic rings. The van der Waals surface area contributed by atoms with Crippen molar-refractivity contribution in [3.05, 3.63) is 29.3 Å². The molecule has 1 amide bonds. The molecule has 1 aromatic carbocycles. The van der Waals surface area contributed by atoms with Crippen LogP contribution in [-0.2, 0) is 9.53 Å². The maximum Gasteiger partial charge on any atom is 0.411 e. The van der Waals surface area contributed by atoms with Gasteiger partial charge in [0.1, 0.15) is 28.3 Å². The lowest BCUT2D eigenvalue weighted by Crippen LogP contribution is -2.45. The van der Waals surface area contributed by atoms with E-state index in [1.807, 2.05) is 16.7 Å². The molecule has 1 saturated carbocycles. The maximum absolute atomic E-state index is 12.9. The second kappa shape index (κ2) is 11.0. The molecule has 0 unspecified atom stereocenters. The smallest absolute Gasteiger partial charge is 0.411 e. The van der Waals surface area contributed by atoms with E-state index in [4.69, 9.17) is 19.4 Å². The van der Waals surface area contributed by atoms with E-state index in [2.05, 4.69) is 25.3 Å². The Hall–Kier alpha value is -3.14. The molecule has 40 heavy (non-hydrogen) atoms. The molecule has 3 heterocycles. The number of rotatable bonds is 6. The van der Waals surface area contributed by atoms with Crippen LogP contribution in [0.5, 0.6) is 6.01 Å². The zero-order valence-corrected chi connectivity index (χ0v) is 25.0. The average molecular weight is 569 g/mol. The number of aromatic nitrogens is 3. The van der Waals surface area contributed by atoms with Crippen LogP contribution in [0.4, 0.5) is 4.79 Å². The van der Waals surface area contributed by atoms with E-state index in [0.717, 1.165) is 21.6 Å². The molecule has 5 rings (SSSR count). The first-order valence-corrected chi connectivity index (χ1v) is 15.2. The molecule has 1 saturated heterocycles. The number of thiazole rings is 1. The molecule has 0 radical (unpaired) electrons. The number of fused-ring (bicyclic) bond motifs is 1. The minimum atomic E-state index is -1.08. The summed E-state index contributed by atoms with van der Waals surface area (Å²) in [5.41, 5.74) is 3.14. The summed E-state index contributed by atoms with van der Waals surface area (Å²) in [5, 5.41) is 13.1. The highest BCUT2D eigenvalue weighted by atomic mass is 32.1. The van der Waals surface area contributed by atoms with E-state index in [-0.39, 0.29) is 12.6 Å². The summed E-state index contributed by atoms with van der Waals surface area (Å²) in [6.45, 7) is 11.3. The van der Waals surface area contributed by atoms with Crippen LogP contribution < -0.4 is 4.74 Å². The van der Waals surface area contributed by atoms with Gasteiger partial charge in [0.15, 0.2) is 0 Å². The van der Waals surface area contributed by atoms with Crippen molar-refractivity contribution in [2.75, 3.05) is 6.54 Å². The van der Waals surface area contributed by atoms with Crippen LogP contribution >= 0.6 is 11.3 Å². The molecular weight excluding hydrogens is 528 g/mol. The topological polar surface area (TPSA) is 107 Å². The van der Waals surface area contributed by atoms with E-state index in [1.165, 1.54) is 42.7 Å². The second-order valence-electron chi connectivity index (χ2n) is 12.4. The van der Waals surface area contributed by atoms with Gasteiger partial charge in [-0.3, -0.25) is 9.47 Å². The van der Waals surface area contributed by atoms with Gasteiger partial charge in [-0.05, 0) is 59.6 Å². The fourth-order valence-electron chi connectivity index (χ4n) is 5.95. The van der Waals surface area contributed by atoms with E-state index in [0.29, 0.717) is 11.9 Å². The minimum Gasteiger partial charge on any atom is -0.480 e. The number of carboxylic acids is 1. The summed E-state index contributed by atoms with van der Waals surface area (Å²) in [7, 11) is 0. The van der Waals surface area contributed by atoms with Gasteiger partial charge in [0.25, 0.3) is 6.01 Å². The van der Waals surface area contributed by atoms with E-state index in [9.17, 15) is 14.7 Å². The highest BCUT2D eigenvalue weighted by Gasteiger charge is 2.48. The van der Waals surface area contributed by atoms with Crippen molar-refractivity contribution in [3.63, 3.8) is 0 Å². The SMILES string of the molecule is CC(C)n1c(O[C@H]2CN(C(=O)OC(C)(C)C)[C@H](C(=O)O)[C@@H]2C)nc2c(-c3nc(C4CCCCC4)cs3)cccc21. The standard InChI is InChI=1S/C30H40N4O5S/c1-17(2)34-22-14-10-13-20(26-31-21(16-40-26)19-11-8-7-9-12-19)24(22)32-28(34)38-23-15-33(25(18(23)3)27(35)36)29(37)39-30(4,5)6/h10,13-14,16-19,23,25H,7-9,11-12,15H2,1-6H3,(H,35,36)/t18-,23+,25+/m1/s1. The fourth-order valence-corrected chi connectivity index (χ4v) is 6.88. The Morgan fingerprint density at radius 3 is 2.50 bits per heavy atom. The molecule has 0 spiro atoms. The number of ether oxygens (including phenoxy) is 2. The Balaban J connectivity index is 1.47. The Morgan fingerprint density at radius 1 is 1.12 bits per heavy atom. The predicted octanol–water partition coefficient (Wildman–Crippen LogP) is 6.88. The Labute approximate surface area is 239 Å².